The molecular weight excluding hydrogens is 1060 g/mol. The van der Waals surface area contributed by atoms with Crippen molar-refractivity contribution >= 4 is 5.91 Å². The van der Waals surface area contributed by atoms with Crippen LogP contribution in [0.15, 0.2) is 60.8 Å². The molecule has 3 aliphatic heterocycles. The smallest absolute Gasteiger partial charge is 0.220 e. The summed E-state index contributed by atoms with van der Waals surface area (Å²) in [5, 5.41) is 120. The lowest BCUT2D eigenvalue weighted by molar-refractivity contribution is -0.379. The van der Waals surface area contributed by atoms with Gasteiger partial charge in [-0.1, -0.05) is 177 Å². The molecule has 0 aliphatic carbocycles. The fourth-order valence-corrected chi connectivity index (χ4v) is 10.3. The van der Waals surface area contributed by atoms with Crippen LogP contribution in [0.3, 0.4) is 0 Å². The Bertz CT molecular complexity index is 1730. The van der Waals surface area contributed by atoms with Crippen LogP contribution in [0.5, 0.6) is 0 Å². The van der Waals surface area contributed by atoms with Gasteiger partial charge in [-0.15, -0.1) is 0 Å². The van der Waals surface area contributed by atoms with E-state index in [-0.39, 0.29) is 18.9 Å². The lowest BCUT2D eigenvalue weighted by atomic mass is 9.96. The molecule has 19 nitrogen and oxygen atoms in total. The predicted molar refractivity (Wildman–Crippen MR) is 314 cm³/mol. The second-order valence-corrected chi connectivity index (χ2v) is 22.5. The van der Waals surface area contributed by atoms with Crippen molar-refractivity contribution in [2.75, 3.05) is 26.4 Å². The summed E-state index contributed by atoms with van der Waals surface area (Å²) in [6, 6.07) is -1.00. The highest BCUT2D eigenvalue weighted by molar-refractivity contribution is 5.76. The Labute approximate surface area is 490 Å². The lowest BCUT2D eigenvalue weighted by Gasteiger charge is -2.48. The number of unbranched alkanes of at least 4 members (excludes halogenated alkanes) is 22. The molecule has 0 radical (unpaired) electrons. The number of carbonyl (C=O) groups is 1. The molecule has 19 heteroatoms. The number of ether oxygens (including phenoxy) is 6. The van der Waals surface area contributed by atoms with E-state index in [4.69, 9.17) is 28.4 Å². The Morgan fingerprint density at radius 3 is 1.32 bits per heavy atom. The zero-order chi connectivity index (χ0) is 59.7. The maximum atomic E-state index is 13.3. The van der Waals surface area contributed by atoms with Crippen molar-refractivity contribution in [1.82, 2.24) is 5.32 Å². The highest BCUT2D eigenvalue weighted by atomic mass is 16.8. The molecule has 0 aromatic carbocycles. The first-order chi connectivity index (χ1) is 39.8. The predicted octanol–water partition coefficient (Wildman–Crippen LogP) is 6.43. The van der Waals surface area contributed by atoms with E-state index in [1.807, 2.05) is 6.08 Å². The standard InChI is InChI=1S/C63H111NO18/c1-3-5-7-9-11-13-15-17-19-21-22-23-25-26-28-30-32-34-36-38-40-47(68)46(64-51(69)41-39-37-35-33-31-29-27-24-20-18-16-14-12-10-8-6-4-2)45-77-61-57(75)54(72)59(49(43-66)79-61)82-63-58(76)55(73)60(50(44-67)80-63)81-62-56(74)53(71)52(70)48(42-65)78-62/h12,14,18,20,23,25,30,32,38,40,46-50,52-63,65-68,70-76H,3-11,13,15-17,19,21-22,24,26-29,31,33-37,39,41-45H2,1-2H3,(H,64,69)/b14-12-,20-18-,25-23+,32-30+,40-38+. The van der Waals surface area contributed by atoms with Crippen LogP contribution in [-0.4, -0.2) is 193 Å². The fraction of sp³-hybridized carbons (Fsp3) is 0.825. The van der Waals surface area contributed by atoms with Crippen LogP contribution in [-0.2, 0) is 33.2 Å². The molecule has 3 rings (SSSR count). The highest BCUT2D eigenvalue weighted by Gasteiger charge is 2.53. The fourth-order valence-electron chi connectivity index (χ4n) is 10.3. The molecule has 3 aliphatic rings. The normalized spacial score (nSPS) is 30.0. The van der Waals surface area contributed by atoms with E-state index in [9.17, 15) is 61.0 Å². The van der Waals surface area contributed by atoms with Gasteiger partial charge in [0.1, 0.15) is 73.2 Å². The lowest BCUT2D eigenvalue weighted by Crippen LogP contribution is -2.66. The van der Waals surface area contributed by atoms with Crippen LogP contribution < -0.4 is 5.32 Å². The molecule has 17 unspecified atom stereocenters. The van der Waals surface area contributed by atoms with E-state index in [1.54, 1.807) is 6.08 Å². The van der Waals surface area contributed by atoms with Crippen molar-refractivity contribution in [3.8, 4) is 0 Å². The van der Waals surface area contributed by atoms with Crippen molar-refractivity contribution in [2.24, 2.45) is 0 Å². The van der Waals surface area contributed by atoms with Gasteiger partial charge in [0.15, 0.2) is 18.9 Å². The van der Waals surface area contributed by atoms with Crippen molar-refractivity contribution < 1.29 is 89.4 Å². The molecule has 3 saturated heterocycles. The first kappa shape index (κ1) is 73.7. The number of nitrogens with one attached hydrogen (secondary N) is 1. The summed E-state index contributed by atoms with van der Waals surface area (Å²) in [5.74, 6) is -0.300. The number of amides is 1. The summed E-state index contributed by atoms with van der Waals surface area (Å²) in [4.78, 5) is 13.3. The quantitative estimate of drug-likeness (QED) is 0.0231. The van der Waals surface area contributed by atoms with Crippen LogP contribution in [0.25, 0.3) is 0 Å². The maximum absolute atomic E-state index is 13.3. The van der Waals surface area contributed by atoms with Gasteiger partial charge in [0.25, 0.3) is 0 Å². The largest absolute Gasteiger partial charge is 0.394 e. The summed E-state index contributed by atoms with van der Waals surface area (Å²) in [5.41, 5.74) is 0. The average Bonchev–Trinajstić information content (AvgIpc) is 3.39. The average molecular weight is 1170 g/mol. The van der Waals surface area contributed by atoms with Gasteiger partial charge in [-0.25, -0.2) is 0 Å². The summed E-state index contributed by atoms with van der Waals surface area (Å²) in [6.45, 7) is 1.66. The van der Waals surface area contributed by atoms with E-state index in [0.29, 0.717) is 12.8 Å². The number of carbonyl (C=O) groups excluding carboxylic acids is 1. The van der Waals surface area contributed by atoms with Gasteiger partial charge in [0, 0.05) is 6.42 Å². The molecular formula is C63H111NO18. The van der Waals surface area contributed by atoms with Gasteiger partial charge in [-0.3, -0.25) is 4.79 Å². The third kappa shape index (κ3) is 28.8. The molecule has 476 valence electrons. The summed E-state index contributed by atoms with van der Waals surface area (Å²) < 4.78 is 34.2. The monoisotopic (exact) mass is 1170 g/mol. The zero-order valence-corrected chi connectivity index (χ0v) is 49.7. The number of aliphatic hydroxyl groups excluding tert-OH is 11. The Morgan fingerprint density at radius 1 is 0.439 bits per heavy atom. The van der Waals surface area contributed by atoms with Crippen molar-refractivity contribution in [2.45, 2.75) is 304 Å². The summed E-state index contributed by atoms with van der Waals surface area (Å²) in [7, 11) is 0. The van der Waals surface area contributed by atoms with E-state index in [2.05, 4.69) is 67.8 Å². The minimum Gasteiger partial charge on any atom is -0.394 e. The van der Waals surface area contributed by atoms with Crippen molar-refractivity contribution in [1.29, 1.82) is 0 Å². The molecule has 0 aromatic heterocycles. The van der Waals surface area contributed by atoms with Gasteiger partial charge in [-0.05, 0) is 77.0 Å². The van der Waals surface area contributed by atoms with Crippen molar-refractivity contribution in [3.05, 3.63) is 60.8 Å². The third-order valence-electron chi connectivity index (χ3n) is 15.5. The van der Waals surface area contributed by atoms with Gasteiger partial charge in [0.05, 0.1) is 38.6 Å². The molecule has 0 aromatic rings. The zero-order valence-electron chi connectivity index (χ0n) is 49.7. The Kier molecular flexibility index (Phi) is 41.2. The van der Waals surface area contributed by atoms with Crippen LogP contribution in [0.4, 0.5) is 0 Å². The minimum atomic E-state index is -1.98. The SMILES string of the molecule is CCCCC/C=C\C/C=C\CCCCCCCCCC(=O)NC(COC1OC(CO)C(OC2OC(CO)C(OC3OC(CO)C(O)C(O)C3O)C(O)C2O)C(O)C1O)C(O)/C=C/CC/C=C/CC/C=C/CCCCCCCCCCCC. The molecule has 12 N–H and O–H groups in total. The topological polar surface area (TPSA) is 307 Å². The van der Waals surface area contributed by atoms with E-state index in [1.165, 1.54) is 83.5 Å². The van der Waals surface area contributed by atoms with Gasteiger partial charge in [0.2, 0.25) is 5.91 Å². The molecule has 0 spiro atoms. The van der Waals surface area contributed by atoms with Crippen LogP contribution in [0, 0.1) is 0 Å². The number of allylic oxidation sites excluding steroid dienone is 9. The Balaban J connectivity index is 1.51. The van der Waals surface area contributed by atoms with E-state index < -0.39 is 124 Å². The van der Waals surface area contributed by atoms with Crippen LogP contribution >= 0.6 is 0 Å². The number of hydrogen-bond donors (Lipinski definition) is 12. The minimum absolute atomic E-state index is 0.221. The Morgan fingerprint density at radius 2 is 0.817 bits per heavy atom. The molecule has 3 fully saturated rings. The van der Waals surface area contributed by atoms with Gasteiger partial charge >= 0.3 is 0 Å². The summed E-state index contributed by atoms with van der Waals surface area (Å²) in [6.07, 6.45) is 26.2. The van der Waals surface area contributed by atoms with Crippen LogP contribution in [0.1, 0.15) is 200 Å². The van der Waals surface area contributed by atoms with E-state index in [0.717, 1.165) is 83.5 Å². The second kappa shape index (κ2) is 45.8. The molecule has 0 saturated carbocycles. The first-order valence-electron chi connectivity index (χ1n) is 31.5. The number of hydrogen-bond acceptors (Lipinski definition) is 18. The molecule has 17 atom stereocenters. The first-order valence-corrected chi connectivity index (χ1v) is 31.5. The third-order valence-corrected chi connectivity index (χ3v) is 15.5. The van der Waals surface area contributed by atoms with Gasteiger partial charge < -0.3 is 89.9 Å². The van der Waals surface area contributed by atoms with Crippen molar-refractivity contribution in [3.63, 3.8) is 0 Å². The number of rotatable bonds is 46. The highest BCUT2D eigenvalue weighted by Crippen LogP contribution is 2.33. The molecule has 82 heavy (non-hydrogen) atoms. The van der Waals surface area contributed by atoms with Gasteiger partial charge in [-0.2, -0.15) is 0 Å². The summed E-state index contributed by atoms with van der Waals surface area (Å²) >= 11 is 0. The molecule has 3 heterocycles. The second-order valence-electron chi connectivity index (χ2n) is 22.5. The molecule has 1 amide bonds. The van der Waals surface area contributed by atoms with E-state index >= 15 is 0 Å². The maximum Gasteiger partial charge on any atom is 0.220 e. The number of aliphatic hydroxyl groups is 11. The molecule has 0 bridgehead atoms. The Hall–Kier alpha value is -2.51. The van der Waals surface area contributed by atoms with Crippen LogP contribution in [0.2, 0.25) is 0 Å².